The molecule has 0 aliphatic carbocycles. The number of carbonyl (C=O) groups is 1. The predicted molar refractivity (Wildman–Crippen MR) is 113 cm³/mol. The average Bonchev–Trinajstić information content (AvgIpc) is 2.55. The molecule has 0 radical (unpaired) electrons. The molecule has 26 heavy (non-hydrogen) atoms. The number of nitrogens with two attached hydrogens (primary N) is 1. The Bertz CT molecular complexity index is 539. The van der Waals surface area contributed by atoms with Crippen LogP contribution in [0.15, 0.2) is 24.3 Å². The van der Waals surface area contributed by atoms with Crippen molar-refractivity contribution >= 4 is 36.4 Å². The van der Waals surface area contributed by atoms with Gasteiger partial charge in [-0.05, 0) is 36.0 Å². The molecule has 1 fully saturated rings. The van der Waals surface area contributed by atoms with Gasteiger partial charge in [-0.1, -0.05) is 32.9 Å². The molecule has 0 aromatic heterocycles. The Morgan fingerprint density at radius 1 is 1.23 bits per heavy atom. The minimum atomic E-state index is -0.585. The second-order valence-electron chi connectivity index (χ2n) is 7.63. The molecule has 150 valence electrons. The number of benzene rings is 1. The van der Waals surface area contributed by atoms with Crippen molar-refractivity contribution in [1.29, 1.82) is 0 Å². The van der Waals surface area contributed by atoms with Gasteiger partial charge >= 0.3 is 0 Å². The Labute approximate surface area is 169 Å². The molecule has 1 aromatic carbocycles. The molecule has 1 aliphatic rings. The molecule has 0 bridgehead atoms. The third-order valence-electron chi connectivity index (χ3n) is 4.62. The van der Waals surface area contributed by atoms with E-state index in [2.05, 4.69) is 55.3 Å². The van der Waals surface area contributed by atoms with E-state index in [1.165, 1.54) is 11.3 Å². The van der Waals surface area contributed by atoms with Crippen LogP contribution in [0.4, 0.5) is 5.69 Å². The smallest absolute Gasteiger partial charge is 0.239 e. The Balaban J connectivity index is 0.00000312. The molecule has 1 saturated heterocycles. The second kappa shape index (κ2) is 11.0. The molecule has 5 nitrogen and oxygen atoms in total. The number of piperidine rings is 1. The molecule has 1 aliphatic heterocycles. The Morgan fingerprint density at radius 3 is 2.23 bits per heavy atom. The van der Waals surface area contributed by atoms with E-state index in [1.807, 2.05) is 0 Å². The topological polar surface area (TPSA) is 67.6 Å². The summed E-state index contributed by atoms with van der Waals surface area (Å²) in [4.78, 5) is 14.3. The lowest BCUT2D eigenvalue weighted by molar-refractivity contribution is -0.124. The molecule has 1 aromatic rings. The van der Waals surface area contributed by atoms with Crippen LogP contribution in [0.25, 0.3) is 0 Å². The predicted octanol–water partition coefficient (Wildman–Crippen LogP) is 2.89. The quantitative estimate of drug-likeness (QED) is 0.789. The van der Waals surface area contributed by atoms with Crippen molar-refractivity contribution in [3.05, 3.63) is 29.8 Å². The van der Waals surface area contributed by atoms with Crippen LogP contribution in [-0.4, -0.2) is 44.8 Å². The standard InChI is InChI=1S/C19H31N3O2.2ClH/c1-19(2,3)14-5-7-16(8-6-14)22-11-9-15(10-12-22)21-18(23)17(20)13-24-4;;/h5-8,15,17H,9-13,20H2,1-4H3,(H,21,23);2*1H. The summed E-state index contributed by atoms with van der Waals surface area (Å²) >= 11 is 0. The summed E-state index contributed by atoms with van der Waals surface area (Å²) in [7, 11) is 1.55. The van der Waals surface area contributed by atoms with E-state index >= 15 is 0 Å². The first-order valence-corrected chi connectivity index (χ1v) is 8.71. The lowest BCUT2D eigenvalue weighted by Gasteiger charge is -2.34. The highest BCUT2D eigenvalue weighted by Crippen LogP contribution is 2.26. The number of nitrogens with one attached hydrogen (secondary N) is 1. The van der Waals surface area contributed by atoms with Gasteiger partial charge in [0.05, 0.1) is 6.61 Å². The fourth-order valence-electron chi connectivity index (χ4n) is 3.02. The van der Waals surface area contributed by atoms with Crippen LogP contribution in [0.3, 0.4) is 0 Å². The number of amides is 1. The number of anilines is 1. The van der Waals surface area contributed by atoms with Gasteiger partial charge in [-0.2, -0.15) is 0 Å². The first-order valence-electron chi connectivity index (χ1n) is 8.71. The van der Waals surface area contributed by atoms with Crippen LogP contribution < -0.4 is 16.0 Å². The van der Waals surface area contributed by atoms with E-state index in [0.29, 0.717) is 0 Å². The molecule has 0 spiro atoms. The summed E-state index contributed by atoms with van der Waals surface area (Å²) in [6.45, 7) is 8.82. The maximum Gasteiger partial charge on any atom is 0.239 e. The van der Waals surface area contributed by atoms with Crippen LogP contribution >= 0.6 is 24.8 Å². The summed E-state index contributed by atoms with van der Waals surface area (Å²) in [6.07, 6.45) is 1.87. The van der Waals surface area contributed by atoms with E-state index < -0.39 is 6.04 Å². The Kier molecular flexibility index (Phi) is 10.5. The summed E-state index contributed by atoms with van der Waals surface area (Å²) in [6, 6.07) is 8.45. The minimum Gasteiger partial charge on any atom is -0.383 e. The van der Waals surface area contributed by atoms with Crippen molar-refractivity contribution in [3.8, 4) is 0 Å². The molecule has 1 heterocycles. The average molecular weight is 406 g/mol. The maximum absolute atomic E-state index is 12.0. The van der Waals surface area contributed by atoms with Gasteiger partial charge < -0.3 is 20.7 Å². The van der Waals surface area contributed by atoms with Crippen LogP contribution in [0.5, 0.6) is 0 Å². The van der Waals surface area contributed by atoms with E-state index in [1.54, 1.807) is 7.11 Å². The van der Waals surface area contributed by atoms with Gasteiger partial charge in [0.15, 0.2) is 0 Å². The second-order valence-corrected chi connectivity index (χ2v) is 7.63. The number of ether oxygens (including phenoxy) is 1. The lowest BCUT2D eigenvalue weighted by atomic mass is 9.87. The van der Waals surface area contributed by atoms with Crippen molar-refractivity contribution in [1.82, 2.24) is 5.32 Å². The fourth-order valence-corrected chi connectivity index (χ4v) is 3.02. The molecule has 1 unspecified atom stereocenters. The van der Waals surface area contributed by atoms with Gasteiger partial charge in [-0.3, -0.25) is 4.79 Å². The van der Waals surface area contributed by atoms with Gasteiger partial charge in [0.25, 0.3) is 0 Å². The molecule has 2 rings (SSSR count). The lowest BCUT2D eigenvalue weighted by Crippen LogP contribution is -2.50. The maximum atomic E-state index is 12.0. The van der Waals surface area contributed by atoms with Crippen LogP contribution in [0.1, 0.15) is 39.2 Å². The van der Waals surface area contributed by atoms with E-state index in [-0.39, 0.29) is 48.8 Å². The molecular weight excluding hydrogens is 373 g/mol. The fraction of sp³-hybridized carbons (Fsp3) is 0.632. The van der Waals surface area contributed by atoms with Crippen molar-refractivity contribution < 1.29 is 9.53 Å². The van der Waals surface area contributed by atoms with Gasteiger partial charge in [0.2, 0.25) is 5.91 Å². The summed E-state index contributed by atoms with van der Waals surface area (Å²) < 4.78 is 4.93. The summed E-state index contributed by atoms with van der Waals surface area (Å²) in [5, 5.41) is 3.03. The van der Waals surface area contributed by atoms with Crippen molar-refractivity contribution in [3.63, 3.8) is 0 Å². The zero-order valence-electron chi connectivity index (χ0n) is 16.2. The van der Waals surface area contributed by atoms with E-state index in [9.17, 15) is 4.79 Å². The van der Waals surface area contributed by atoms with Gasteiger partial charge in [-0.25, -0.2) is 0 Å². The third-order valence-corrected chi connectivity index (χ3v) is 4.62. The highest BCUT2D eigenvalue weighted by molar-refractivity contribution is 5.85. The van der Waals surface area contributed by atoms with Crippen molar-refractivity contribution in [2.75, 3.05) is 31.7 Å². The molecule has 7 heteroatoms. The number of carbonyl (C=O) groups excluding carboxylic acids is 1. The monoisotopic (exact) mass is 405 g/mol. The van der Waals surface area contributed by atoms with Crippen LogP contribution in [-0.2, 0) is 14.9 Å². The van der Waals surface area contributed by atoms with Gasteiger partial charge in [-0.15, -0.1) is 24.8 Å². The van der Waals surface area contributed by atoms with Crippen LogP contribution in [0.2, 0.25) is 0 Å². The zero-order valence-corrected chi connectivity index (χ0v) is 17.8. The van der Waals surface area contributed by atoms with Crippen molar-refractivity contribution in [2.24, 2.45) is 5.73 Å². The first kappa shape index (κ1) is 25.0. The minimum absolute atomic E-state index is 0. The highest BCUT2D eigenvalue weighted by Gasteiger charge is 2.23. The van der Waals surface area contributed by atoms with Gasteiger partial charge in [0, 0.05) is 31.9 Å². The van der Waals surface area contributed by atoms with Crippen molar-refractivity contribution in [2.45, 2.75) is 51.1 Å². The summed E-state index contributed by atoms with van der Waals surface area (Å²) in [5.74, 6) is -0.121. The third kappa shape index (κ3) is 6.95. The Morgan fingerprint density at radius 2 is 1.77 bits per heavy atom. The largest absolute Gasteiger partial charge is 0.383 e. The number of nitrogens with zero attached hydrogens (tertiary/aromatic N) is 1. The zero-order chi connectivity index (χ0) is 17.7. The van der Waals surface area contributed by atoms with Gasteiger partial charge in [0.1, 0.15) is 6.04 Å². The Hall–Kier alpha value is -1.01. The number of hydrogen-bond acceptors (Lipinski definition) is 4. The normalized spacial score (nSPS) is 16.3. The molecule has 1 atom stereocenters. The summed E-state index contributed by atoms with van der Waals surface area (Å²) in [5.41, 5.74) is 8.54. The molecule has 0 saturated carbocycles. The van der Waals surface area contributed by atoms with E-state index in [0.717, 1.165) is 25.9 Å². The SMILES string of the molecule is COCC(N)C(=O)NC1CCN(c2ccc(C(C)(C)C)cc2)CC1.Cl.Cl. The molecule has 3 N–H and O–H groups in total. The number of halogens is 2. The first-order chi connectivity index (χ1) is 11.3. The number of rotatable bonds is 5. The van der Waals surface area contributed by atoms with E-state index in [4.69, 9.17) is 10.5 Å². The highest BCUT2D eigenvalue weighted by atomic mass is 35.5. The molecule has 1 amide bonds. The molecular formula is C19H33Cl2N3O2. The number of hydrogen-bond donors (Lipinski definition) is 2. The van der Waals surface area contributed by atoms with Crippen LogP contribution in [0, 0.1) is 0 Å². The number of methoxy groups -OCH3 is 1.